The second-order valence-electron chi connectivity index (χ2n) is 6.72. The summed E-state index contributed by atoms with van der Waals surface area (Å²) in [6, 6.07) is 9.63. The van der Waals surface area contributed by atoms with E-state index in [9.17, 15) is 14.0 Å². The third-order valence-corrected chi connectivity index (χ3v) is 6.00. The highest BCUT2D eigenvalue weighted by molar-refractivity contribution is 7.14. The van der Waals surface area contributed by atoms with Crippen LogP contribution in [0.3, 0.4) is 0 Å². The van der Waals surface area contributed by atoms with Crippen LogP contribution < -0.4 is 10.3 Å². The summed E-state index contributed by atoms with van der Waals surface area (Å²) < 4.78 is 19.8. The van der Waals surface area contributed by atoms with Crippen molar-refractivity contribution in [1.82, 2.24) is 4.98 Å². The molecule has 5 rings (SSSR count). The highest BCUT2D eigenvalue weighted by Gasteiger charge is 2.44. The van der Waals surface area contributed by atoms with Crippen molar-refractivity contribution in [2.24, 2.45) is 0 Å². The van der Waals surface area contributed by atoms with Gasteiger partial charge in [0.05, 0.1) is 22.7 Å². The van der Waals surface area contributed by atoms with Crippen LogP contribution in [0.2, 0.25) is 5.02 Å². The molecule has 5 nitrogen and oxygen atoms in total. The van der Waals surface area contributed by atoms with Gasteiger partial charge in [-0.05, 0) is 42.8 Å². The van der Waals surface area contributed by atoms with Gasteiger partial charge < -0.3 is 4.42 Å². The number of thiazole rings is 1. The first-order chi connectivity index (χ1) is 13.9. The Morgan fingerprint density at radius 1 is 1.21 bits per heavy atom. The van der Waals surface area contributed by atoms with E-state index in [1.54, 1.807) is 23.6 Å². The van der Waals surface area contributed by atoms with Gasteiger partial charge in [-0.15, -0.1) is 11.3 Å². The van der Waals surface area contributed by atoms with Crippen molar-refractivity contribution in [1.29, 1.82) is 0 Å². The minimum absolute atomic E-state index is 0.0630. The molecule has 2 aromatic heterocycles. The minimum atomic E-state index is -0.849. The lowest BCUT2D eigenvalue weighted by atomic mass is 9.98. The van der Waals surface area contributed by atoms with Crippen LogP contribution in [0.15, 0.2) is 57.1 Å². The van der Waals surface area contributed by atoms with Crippen molar-refractivity contribution < 1.29 is 13.6 Å². The molecule has 0 saturated heterocycles. The van der Waals surface area contributed by atoms with E-state index in [1.165, 1.54) is 40.5 Å². The number of aromatic nitrogens is 1. The van der Waals surface area contributed by atoms with E-state index >= 15 is 0 Å². The molecule has 1 amide bonds. The summed E-state index contributed by atoms with van der Waals surface area (Å²) in [6.07, 6.45) is 0. The van der Waals surface area contributed by atoms with Gasteiger partial charge in [0.2, 0.25) is 5.76 Å². The van der Waals surface area contributed by atoms with Crippen LogP contribution in [0.5, 0.6) is 0 Å². The number of benzene rings is 2. The summed E-state index contributed by atoms with van der Waals surface area (Å²) in [5.41, 5.74) is 1.24. The van der Waals surface area contributed by atoms with E-state index in [-0.39, 0.29) is 27.7 Å². The zero-order valence-corrected chi connectivity index (χ0v) is 16.6. The molecule has 0 N–H and O–H groups in total. The number of fused-ring (bicyclic) bond motifs is 2. The Balaban J connectivity index is 1.84. The van der Waals surface area contributed by atoms with Crippen molar-refractivity contribution in [3.8, 4) is 0 Å². The zero-order chi connectivity index (χ0) is 20.3. The quantitative estimate of drug-likeness (QED) is 0.447. The fraction of sp³-hybridized carbons (Fsp3) is 0.0952. The van der Waals surface area contributed by atoms with E-state index in [0.29, 0.717) is 15.7 Å². The standard InChI is InChI=1S/C21H12ClFN2O3S/c1-10-9-29-21(24-10)25-17(11-3-2-4-13(23)7-11)16-18(26)14-8-12(22)5-6-15(14)28-19(16)20(25)27/h2-9,17H,1H3/t17-/m1/s1. The van der Waals surface area contributed by atoms with Crippen LogP contribution in [0, 0.1) is 12.7 Å². The Kier molecular flexibility index (Phi) is 4.04. The number of anilines is 1. The number of carbonyl (C=O) groups is 1. The monoisotopic (exact) mass is 426 g/mol. The lowest BCUT2D eigenvalue weighted by Gasteiger charge is -2.22. The summed E-state index contributed by atoms with van der Waals surface area (Å²) in [7, 11) is 0. The first kappa shape index (κ1) is 18.0. The average Bonchev–Trinajstić information content (AvgIpc) is 3.24. The number of hydrogen-bond donors (Lipinski definition) is 0. The molecule has 0 bridgehead atoms. The lowest BCUT2D eigenvalue weighted by molar-refractivity contribution is 0.0971. The highest BCUT2D eigenvalue weighted by Crippen LogP contribution is 2.42. The molecule has 8 heteroatoms. The second-order valence-corrected chi connectivity index (χ2v) is 7.99. The van der Waals surface area contributed by atoms with Gasteiger partial charge in [0.15, 0.2) is 10.6 Å². The Morgan fingerprint density at radius 2 is 2.03 bits per heavy atom. The fourth-order valence-electron chi connectivity index (χ4n) is 3.59. The third-order valence-electron chi connectivity index (χ3n) is 4.81. The number of hydrogen-bond acceptors (Lipinski definition) is 5. The van der Waals surface area contributed by atoms with Crippen LogP contribution in [-0.4, -0.2) is 10.9 Å². The van der Waals surface area contributed by atoms with Crippen LogP contribution >= 0.6 is 22.9 Å². The Morgan fingerprint density at radius 3 is 2.76 bits per heavy atom. The van der Waals surface area contributed by atoms with Gasteiger partial charge in [-0.3, -0.25) is 14.5 Å². The molecule has 1 atom stereocenters. The van der Waals surface area contributed by atoms with Crippen LogP contribution in [-0.2, 0) is 0 Å². The van der Waals surface area contributed by atoms with Gasteiger partial charge in [-0.1, -0.05) is 23.7 Å². The lowest BCUT2D eigenvalue weighted by Crippen LogP contribution is -2.29. The second kappa shape index (κ2) is 6.50. The molecular formula is C21H12ClFN2O3S. The Labute approximate surface area is 173 Å². The van der Waals surface area contributed by atoms with Gasteiger partial charge in [-0.2, -0.15) is 0 Å². The molecule has 144 valence electrons. The summed E-state index contributed by atoms with van der Waals surface area (Å²) in [6.45, 7) is 1.81. The van der Waals surface area contributed by atoms with Crippen molar-refractivity contribution >= 4 is 44.9 Å². The molecule has 1 aliphatic heterocycles. The normalized spacial score (nSPS) is 15.9. The molecule has 4 aromatic rings. The van der Waals surface area contributed by atoms with Crippen molar-refractivity contribution in [2.75, 3.05) is 4.90 Å². The number of carbonyl (C=O) groups excluding carboxylic acids is 1. The Hall–Kier alpha value is -3.03. The molecule has 0 radical (unpaired) electrons. The molecule has 0 unspecified atom stereocenters. The van der Waals surface area contributed by atoms with Gasteiger partial charge in [0, 0.05) is 10.4 Å². The number of nitrogens with zero attached hydrogens (tertiary/aromatic N) is 2. The van der Waals surface area contributed by atoms with Crippen molar-refractivity contribution in [3.05, 3.63) is 91.5 Å². The maximum Gasteiger partial charge on any atom is 0.297 e. The SMILES string of the molecule is Cc1csc(N2C(=O)c3oc4ccc(Cl)cc4c(=O)c3[C@H]2c2cccc(F)c2)n1. The van der Waals surface area contributed by atoms with E-state index in [4.69, 9.17) is 16.0 Å². The predicted molar refractivity (Wildman–Crippen MR) is 109 cm³/mol. The molecule has 0 spiro atoms. The summed E-state index contributed by atoms with van der Waals surface area (Å²) >= 11 is 7.33. The minimum Gasteiger partial charge on any atom is -0.450 e. The van der Waals surface area contributed by atoms with Gasteiger partial charge in [0.25, 0.3) is 5.91 Å². The van der Waals surface area contributed by atoms with Crippen LogP contribution in [0.25, 0.3) is 11.0 Å². The van der Waals surface area contributed by atoms with Gasteiger partial charge in [0.1, 0.15) is 11.4 Å². The average molecular weight is 427 g/mol. The van der Waals surface area contributed by atoms with E-state index in [0.717, 1.165) is 5.69 Å². The summed E-state index contributed by atoms with van der Waals surface area (Å²) in [5, 5.41) is 2.86. The van der Waals surface area contributed by atoms with E-state index in [2.05, 4.69) is 4.98 Å². The maximum absolute atomic E-state index is 14.0. The highest BCUT2D eigenvalue weighted by atomic mass is 35.5. The topological polar surface area (TPSA) is 63.4 Å². The molecule has 1 aliphatic rings. The van der Waals surface area contributed by atoms with Gasteiger partial charge >= 0.3 is 0 Å². The Bertz CT molecular complexity index is 1360. The van der Waals surface area contributed by atoms with Crippen LogP contribution in [0.1, 0.15) is 33.4 Å². The summed E-state index contributed by atoms with van der Waals surface area (Å²) in [4.78, 5) is 32.4. The number of amides is 1. The third kappa shape index (κ3) is 2.77. The maximum atomic E-state index is 14.0. The number of rotatable bonds is 2. The first-order valence-corrected chi connectivity index (χ1v) is 9.97. The molecule has 2 aromatic carbocycles. The molecule has 0 aliphatic carbocycles. The molecule has 3 heterocycles. The summed E-state index contributed by atoms with van der Waals surface area (Å²) in [5.74, 6) is -1.02. The number of halogens is 2. The molecule has 0 fully saturated rings. The largest absolute Gasteiger partial charge is 0.450 e. The van der Waals surface area contributed by atoms with Gasteiger partial charge in [-0.25, -0.2) is 9.37 Å². The molecule has 0 saturated carbocycles. The van der Waals surface area contributed by atoms with Crippen LogP contribution in [0.4, 0.5) is 9.52 Å². The van der Waals surface area contributed by atoms with E-state index in [1.807, 2.05) is 6.92 Å². The van der Waals surface area contributed by atoms with Crippen molar-refractivity contribution in [3.63, 3.8) is 0 Å². The smallest absolute Gasteiger partial charge is 0.297 e. The number of aryl methyl sites for hydroxylation is 1. The first-order valence-electron chi connectivity index (χ1n) is 8.71. The van der Waals surface area contributed by atoms with E-state index < -0.39 is 17.8 Å². The fourth-order valence-corrected chi connectivity index (χ4v) is 4.59. The predicted octanol–water partition coefficient (Wildman–Crippen LogP) is 5.10. The van der Waals surface area contributed by atoms with Crippen molar-refractivity contribution in [2.45, 2.75) is 13.0 Å². The zero-order valence-electron chi connectivity index (χ0n) is 15.0. The molecule has 29 heavy (non-hydrogen) atoms. The molecular weight excluding hydrogens is 415 g/mol.